The highest BCUT2D eigenvalue weighted by Crippen LogP contribution is 2.19. The summed E-state index contributed by atoms with van der Waals surface area (Å²) in [7, 11) is 0. The molecule has 0 radical (unpaired) electrons. The summed E-state index contributed by atoms with van der Waals surface area (Å²) in [5, 5.41) is 11.9. The first-order valence-corrected chi connectivity index (χ1v) is 5.93. The molecular weight excluding hydrogens is 272 g/mol. The minimum absolute atomic E-state index is 0.475. The molecule has 0 saturated carbocycles. The largest absolute Gasteiger partial charge is 0.480 e. The molecule has 0 spiro atoms. The average Bonchev–Trinajstić information content (AvgIpc) is 2.30. The third-order valence-corrected chi connectivity index (χ3v) is 3.19. The Labute approximate surface area is 102 Å². The van der Waals surface area contributed by atoms with Crippen LogP contribution < -0.4 is 10.2 Å². The molecule has 1 saturated heterocycles. The van der Waals surface area contributed by atoms with E-state index in [2.05, 4.69) is 26.1 Å². The number of aliphatic carboxylic acids is 1. The zero-order chi connectivity index (χ0) is 11.5. The third-order valence-electron chi connectivity index (χ3n) is 2.67. The summed E-state index contributed by atoms with van der Waals surface area (Å²) in [4.78, 5) is 13.0. The lowest BCUT2D eigenvalue weighted by atomic mass is 10.2. The van der Waals surface area contributed by atoms with Crippen molar-refractivity contribution in [2.75, 3.05) is 24.5 Å². The first-order chi connectivity index (χ1) is 7.66. The number of hydrogen-bond donors (Lipinski definition) is 2. The molecule has 86 valence electrons. The van der Waals surface area contributed by atoms with Gasteiger partial charge in [-0.15, -0.1) is 0 Å². The fourth-order valence-corrected chi connectivity index (χ4v) is 2.07. The molecule has 1 aromatic carbocycles. The Morgan fingerprint density at radius 3 is 2.75 bits per heavy atom. The van der Waals surface area contributed by atoms with Crippen molar-refractivity contribution in [2.45, 2.75) is 6.04 Å². The number of benzene rings is 1. The van der Waals surface area contributed by atoms with Crippen LogP contribution in [0.15, 0.2) is 28.7 Å². The molecule has 0 bridgehead atoms. The molecule has 1 aromatic rings. The van der Waals surface area contributed by atoms with E-state index in [0.29, 0.717) is 13.1 Å². The minimum atomic E-state index is -0.790. The Morgan fingerprint density at radius 2 is 2.12 bits per heavy atom. The lowest BCUT2D eigenvalue weighted by Gasteiger charge is -2.33. The second-order valence-corrected chi connectivity index (χ2v) is 4.68. The highest BCUT2D eigenvalue weighted by Gasteiger charge is 2.24. The summed E-state index contributed by atoms with van der Waals surface area (Å²) in [5.41, 5.74) is 1.07. The molecule has 0 aliphatic carbocycles. The van der Waals surface area contributed by atoms with E-state index in [0.717, 1.165) is 16.7 Å². The maximum Gasteiger partial charge on any atom is 0.322 e. The molecule has 1 atom stereocenters. The van der Waals surface area contributed by atoms with Crippen LogP contribution in [0.4, 0.5) is 5.69 Å². The molecule has 1 aliphatic rings. The van der Waals surface area contributed by atoms with E-state index in [1.807, 2.05) is 24.3 Å². The standard InChI is InChI=1S/C11H13BrN2O2/c12-8-1-3-9(4-2-8)14-6-5-13-10(7-14)11(15)16/h1-4,10,13H,5-7H2,(H,15,16). The van der Waals surface area contributed by atoms with Crippen molar-refractivity contribution in [3.05, 3.63) is 28.7 Å². The lowest BCUT2D eigenvalue weighted by molar-refractivity contribution is -0.139. The number of carboxylic acids is 1. The number of hydrogen-bond acceptors (Lipinski definition) is 3. The number of nitrogens with zero attached hydrogens (tertiary/aromatic N) is 1. The topological polar surface area (TPSA) is 52.6 Å². The van der Waals surface area contributed by atoms with Crippen molar-refractivity contribution in [3.63, 3.8) is 0 Å². The van der Waals surface area contributed by atoms with Crippen molar-refractivity contribution in [3.8, 4) is 0 Å². The quantitative estimate of drug-likeness (QED) is 0.860. The van der Waals surface area contributed by atoms with E-state index < -0.39 is 12.0 Å². The summed E-state index contributed by atoms with van der Waals surface area (Å²) in [6, 6.07) is 7.44. The average molecular weight is 285 g/mol. The molecule has 2 rings (SSSR count). The van der Waals surface area contributed by atoms with E-state index >= 15 is 0 Å². The van der Waals surface area contributed by atoms with Gasteiger partial charge in [0.2, 0.25) is 0 Å². The van der Waals surface area contributed by atoms with Crippen LogP contribution in [0.1, 0.15) is 0 Å². The molecule has 0 amide bonds. The van der Waals surface area contributed by atoms with E-state index in [4.69, 9.17) is 5.11 Å². The van der Waals surface area contributed by atoms with E-state index in [1.165, 1.54) is 0 Å². The fourth-order valence-electron chi connectivity index (χ4n) is 1.80. The Morgan fingerprint density at radius 1 is 1.44 bits per heavy atom. The van der Waals surface area contributed by atoms with Gasteiger partial charge in [-0.2, -0.15) is 0 Å². The Kier molecular flexibility index (Phi) is 3.46. The number of rotatable bonds is 2. The molecule has 1 heterocycles. The second kappa shape index (κ2) is 4.84. The second-order valence-electron chi connectivity index (χ2n) is 3.77. The summed E-state index contributed by atoms with van der Waals surface area (Å²) in [5.74, 6) is -0.790. The van der Waals surface area contributed by atoms with Gasteiger partial charge in [-0.05, 0) is 24.3 Å². The fraction of sp³-hybridized carbons (Fsp3) is 0.364. The van der Waals surface area contributed by atoms with Crippen LogP contribution >= 0.6 is 15.9 Å². The van der Waals surface area contributed by atoms with Gasteiger partial charge in [0, 0.05) is 29.8 Å². The summed E-state index contributed by atoms with van der Waals surface area (Å²) >= 11 is 3.38. The Bertz CT molecular complexity index is 380. The molecule has 4 nitrogen and oxygen atoms in total. The van der Waals surface area contributed by atoms with Gasteiger partial charge >= 0.3 is 5.97 Å². The third kappa shape index (κ3) is 2.54. The van der Waals surface area contributed by atoms with Crippen LogP contribution in [0.3, 0.4) is 0 Å². The normalized spacial score (nSPS) is 20.8. The molecule has 16 heavy (non-hydrogen) atoms. The number of halogens is 1. The number of nitrogens with one attached hydrogen (secondary N) is 1. The number of anilines is 1. The molecule has 0 aromatic heterocycles. The maximum atomic E-state index is 10.9. The predicted octanol–water partition coefficient (Wildman–Crippen LogP) is 1.31. The Balaban J connectivity index is 2.09. The maximum absolute atomic E-state index is 10.9. The van der Waals surface area contributed by atoms with Gasteiger partial charge in [0.05, 0.1) is 0 Å². The van der Waals surface area contributed by atoms with Gasteiger partial charge in [-0.25, -0.2) is 0 Å². The molecule has 1 fully saturated rings. The van der Waals surface area contributed by atoms with Crippen molar-refractivity contribution in [1.29, 1.82) is 0 Å². The summed E-state index contributed by atoms with van der Waals surface area (Å²) in [6.07, 6.45) is 0. The number of carbonyl (C=O) groups is 1. The van der Waals surface area contributed by atoms with Gasteiger partial charge in [0.25, 0.3) is 0 Å². The van der Waals surface area contributed by atoms with Crippen LogP contribution in [0.2, 0.25) is 0 Å². The van der Waals surface area contributed by atoms with Crippen molar-refractivity contribution < 1.29 is 9.90 Å². The Hall–Kier alpha value is -1.07. The zero-order valence-electron chi connectivity index (χ0n) is 8.69. The van der Waals surface area contributed by atoms with Crippen molar-refractivity contribution in [2.24, 2.45) is 0 Å². The molecular formula is C11H13BrN2O2. The molecule has 5 heteroatoms. The first-order valence-electron chi connectivity index (χ1n) is 5.13. The smallest absolute Gasteiger partial charge is 0.322 e. The number of carboxylic acid groups (broad SMARTS) is 1. The van der Waals surface area contributed by atoms with Crippen LogP contribution in [0, 0.1) is 0 Å². The summed E-state index contributed by atoms with van der Waals surface area (Å²) < 4.78 is 1.03. The van der Waals surface area contributed by atoms with Crippen molar-refractivity contribution >= 4 is 27.6 Å². The van der Waals surface area contributed by atoms with Crippen LogP contribution in [-0.2, 0) is 4.79 Å². The van der Waals surface area contributed by atoms with E-state index in [-0.39, 0.29) is 0 Å². The van der Waals surface area contributed by atoms with Gasteiger partial charge in [0.1, 0.15) is 6.04 Å². The van der Waals surface area contributed by atoms with Crippen LogP contribution in [0.5, 0.6) is 0 Å². The lowest BCUT2D eigenvalue weighted by Crippen LogP contribution is -2.54. The zero-order valence-corrected chi connectivity index (χ0v) is 10.3. The minimum Gasteiger partial charge on any atom is -0.480 e. The van der Waals surface area contributed by atoms with Gasteiger partial charge in [-0.1, -0.05) is 15.9 Å². The molecule has 1 aliphatic heterocycles. The number of piperazine rings is 1. The highest BCUT2D eigenvalue weighted by molar-refractivity contribution is 9.10. The van der Waals surface area contributed by atoms with Crippen LogP contribution in [-0.4, -0.2) is 36.8 Å². The van der Waals surface area contributed by atoms with Crippen LogP contribution in [0.25, 0.3) is 0 Å². The monoisotopic (exact) mass is 284 g/mol. The van der Waals surface area contributed by atoms with Gasteiger partial charge in [-0.3, -0.25) is 4.79 Å². The highest BCUT2D eigenvalue weighted by atomic mass is 79.9. The molecule has 2 N–H and O–H groups in total. The van der Waals surface area contributed by atoms with E-state index in [1.54, 1.807) is 0 Å². The predicted molar refractivity (Wildman–Crippen MR) is 65.8 cm³/mol. The SMILES string of the molecule is O=C(O)C1CN(c2ccc(Br)cc2)CCN1. The van der Waals surface area contributed by atoms with Crippen molar-refractivity contribution in [1.82, 2.24) is 5.32 Å². The van der Waals surface area contributed by atoms with Gasteiger partial charge in [0.15, 0.2) is 0 Å². The van der Waals surface area contributed by atoms with Gasteiger partial charge < -0.3 is 15.3 Å². The molecule has 1 unspecified atom stereocenters. The van der Waals surface area contributed by atoms with E-state index in [9.17, 15) is 4.79 Å². The summed E-state index contributed by atoms with van der Waals surface area (Å²) in [6.45, 7) is 2.05. The first kappa shape index (κ1) is 11.4.